The highest BCUT2D eigenvalue weighted by Gasteiger charge is 2.24. The Morgan fingerprint density at radius 1 is 1.10 bits per heavy atom. The van der Waals surface area contributed by atoms with Gasteiger partial charge in [0.25, 0.3) is 5.91 Å². The monoisotopic (exact) mass is 410 g/mol. The zero-order chi connectivity index (χ0) is 21.3. The number of amides is 3. The fourth-order valence-corrected chi connectivity index (χ4v) is 3.32. The summed E-state index contributed by atoms with van der Waals surface area (Å²) in [7, 11) is 0. The average molecular weight is 410 g/mol. The number of carbonyl (C=O) groups is 3. The summed E-state index contributed by atoms with van der Waals surface area (Å²) in [5.41, 5.74) is 1.11. The van der Waals surface area contributed by atoms with Gasteiger partial charge in [-0.05, 0) is 62.1 Å². The van der Waals surface area contributed by atoms with Crippen molar-refractivity contribution in [3.05, 3.63) is 54.4 Å². The molecule has 0 radical (unpaired) electrons. The van der Waals surface area contributed by atoms with E-state index in [1.807, 2.05) is 6.92 Å². The number of nitrogens with zero attached hydrogens (tertiary/aromatic N) is 2. The van der Waals surface area contributed by atoms with Gasteiger partial charge in [-0.1, -0.05) is 0 Å². The highest BCUT2D eigenvalue weighted by molar-refractivity contribution is 6.39. The van der Waals surface area contributed by atoms with E-state index in [4.69, 9.17) is 4.74 Å². The molecule has 3 rings (SSSR count). The molecule has 0 atom stereocenters. The van der Waals surface area contributed by atoms with E-state index in [-0.39, 0.29) is 11.8 Å². The summed E-state index contributed by atoms with van der Waals surface area (Å²) in [5, 5.41) is 5.26. The molecule has 1 aromatic heterocycles. The topological polar surface area (TPSA) is 101 Å². The molecular formula is C22H26N4O4. The summed E-state index contributed by atoms with van der Waals surface area (Å²) in [6.07, 6.45) is 4.75. The van der Waals surface area contributed by atoms with Crippen LogP contribution in [0.15, 0.2) is 48.8 Å². The Hall–Kier alpha value is -3.42. The number of hydrogen-bond acceptors (Lipinski definition) is 5. The van der Waals surface area contributed by atoms with E-state index in [1.54, 1.807) is 53.7 Å². The number of rotatable bonds is 6. The van der Waals surface area contributed by atoms with E-state index in [1.165, 1.54) is 0 Å². The Bertz CT molecular complexity index is 862. The Balaban J connectivity index is 1.40. The molecule has 30 heavy (non-hydrogen) atoms. The molecule has 0 bridgehead atoms. The van der Waals surface area contributed by atoms with Crippen molar-refractivity contribution in [2.75, 3.05) is 31.6 Å². The summed E-state index contributed by atoms with van der Waals surface area (Å²) in [6.45, 7) is 4.09. The Morgan fingerprint density at radius 3 is 2.47 bits per heavy atom. The van der Waals surface area contributed by atoms with Crippen LogP contribution in [0.2, 0.25) is 0 Å². The number of piperidine rings is 1. The number of likely N-dealkylation sites (tertiary alicyclic amines) is 1. The van der Waals surface area contributed by atoms with Crippen LogP contribution in [-0.4, -0.2) is 53.8 Å². The van der Waals surface area contributed by atoms with Crippen molar-refractivity contribution in [3.8, 4) is 5.75 Å². The van der Waals surface area contributed by atoms with Gasteiger partial charge in [0, 0.05) is 37.7 Å². The van der Waals surface area contributed by atoms with Gasteiger partial charge in [-0.3, -0.25) is 19.4 Å². The third-order valence-electron chi connectivity index (χ3n) is 4.99. The van der Waals surface area contributed by atoms with Crippen LogP contribution in [0, 0.1) is 5.92 Å². The van der Waals surface area contributed by atoms with Crippen molar-refractivity contribution < 1.29 is 19.1 Å². The molecule has 0 saturated carbocycles. The fraction of sp³-hybridized carbons (Fsp3) is 0.364. The highest BCUT2D eigenvalue weighted by atomic mass is 16.5. The summed E-state index contributed by atoms with van der Waals surface area (Å²) in [4.78, 5) is 42.4. The molecule has 0 unspecified atom stereocenters. The van der Waals surface area contributed by atoms with E-state index >= 15 is 0 Å². The number of pyridine rings is 1. The van der Waals surface area contributed by atoms with E-state index in [2.05, 4.69) is 15.6 Å². The van der Waals surface area contributed by atoms with Gasteiger partial charge in [-0.15, -0.1) is 0 Å². The third-order valence-corrected chi connectivity index (χ3v) is 4.99. The lowest BCUT2D eigenvalue weighted by molar-refractivity contribution is -0.136. The molecule has 1 aliphatic heterocycles. The Morgan fingerprint density at radius 2 is 1.83 bits per heavy atom. The molecule has 2 aromatic rings. The molecule has 1 aliphatic rings. The summed E-state index contributed by atoms with van der Waals surface area (Å²) in [5.74, 6) is -0.472. The summed E-state index contributed by atoms with van der Waals surface area (Å²) >= 11 is 0. The van der Waals surface area contributed by atoms with Crippen LogP contribution in [-0.2, 0) is 9.59 Å². The first-order valence-electron chi connectivity index (χ1n) is 10.1. The first-order valence-corrected chi connectivity index (χ1v) is 10.1. The summed E-state index contributed by atoms with van der Waals surface area (Å²) in [6, 6.07) is 10.3. The van der Waals surface area contributed by atoms with Gasteiger partial charge in [0.15, 0.2) is 0 Å². The molecular weight excluding hydrogens is 384 g/mol. The van der Waals surface area contributed by atoms with Crippen molar-refractivity contribution in [2.45, 2.75) is 19.8 Å². The van der Waals surface area contributed by atoms with Crippen LogP contribution in [0.1, 0.15) is 30.1 Å². The molecule has 2 heterocycles. The van der Waals surface area contributed by atoms with Crippen molar-refractivity contribution in [1.29, 1.82) is 0 Å². The van der Waals surface area contributed by atoms with Crippen molar-refractivity contribution in [3.63, 3.8) is 0 Å². The second kappa shape index (κ2) is 10.4. The fourth-order valence-electron chi connectivity index (χ4n) is 3.32. The lowest BCUT2D eigenvalue weighted by Crippen LogP contribution is -2.43. The minimum atomic E-state index is -0.705. The molecule has 0 spiro atoms. The first-order chi connectivity index (χ1) is 14.6. The van der Waals surface area contributed by atoms with Gasteiger partial charge in [0.2, 0.25) is 0 Å². The molecule has 1 aromatic carbocycles. The second-order valence-corrected chi connectivity index (χ2v) is 7.10. The average Bonchev–Trinajstić information content (AvgIpc) is 2.79. The van der Waals surface area contributed by atoms with Crippen LogP contribution < -0.4 is 15.4 Å². The van der Waals surface area contributed by atoms with Gasteiger partial charge in [0.05, 0.1) is 12.2 Å². The third kappa shape index (κ3) is 5.79. The van der Waals surface area contributed by atoms with E-state index < -0.39 is 11.8 Å². The zero-order valence-electron chi connectivity index (χ0n) is 17.0. The molecule has 3 amide bonds. The van der Waals surface area contributed by atoms with Crippen molar-refractivity contribution in [1.82, 2.24) is 15.2 Å². The molecule has 2 N–H and O–H groups in total. The number of aromatic nitrogens is 1. The molecule has 8 nitrogen and oxygen atoms in total. The number of nitrogens with one attached hydrogen (secondary N) is 2. The normalized spacial score (nSPS) is 14.1. The van der Waals surface area contributed by atoms with Crippen LogP contribution in [0.5, 0.6) is 5.75 Å². The molecule has 8 heteroatoms. The van der Waals surface area contributed by atoms with E-state index in [0.717, 1.165) is 12.8 Å². The van der Waals surface area contributed by atoms with E-state index in [0.29, 0.717) is 43.2 Å². The minimum absolute atomic E-state index is 0.0275. The predicted molar refractivity (Wildman–Crippen MR) is 112 cm³/mol. The number of hydrogen-bond donors (Lipinski definition) is 2. The smallest absolute Gasteiger partial charge is 0.313 e. The largest absolute Gasteiger partial charge is 0.494 e. The number of benzene rings is 1. The lowest BCUT2D eigenvalue weighted by atomic mass is 9.96. The van der Waals surface area contributed by atoms with Gasteiger partial charge >= 0.3 is 11.8 Å². The molecule has 0 aliphatic carbocycles. The van der Waals surface area contributed by atoms with Gasteiger partial charge in [0.1, 0.15) is 5.75 Å². The van der Waals surface area contributed by atoms with Gasteiger partial charge in [-0.2, -0.15) is 0 Å². The van der Waals surface area contributed by atoms with Crippen molar-refractivity contribution in [2.24, 2.45) is 5.92 Å². The van der Waals surface area contributed by atoms with Crippen molar-refractivity contribution >= 4 is 23.4 Å². The molecule has 1 fully saturated rings. The maximum atomic E-state index is 12.4. The summed E-state index contributed by atoms with van der Waals surface area (Å²) < 4.78 is 5.35. The van der Waals surface area contributed by atoms with Crippen LogP contribution in [0.3, 0.4) is 0 Å². The maximum Gasteiger partial charge on any atom is 0.313 e. The number of ether oxygens (including phenoxy) is 1. The second-order valence-electron chi connectivity index (χ2n) is 7.10. The van der Waals surface area contributed by atoms with Crippen LogP contribution >= 0.6 is 0 Å². The van der Waals surface area contributed by atoms with Gasteiger partial charge < -0.3 is 20.3 Å². The van der Waals surface area contributed by atoms with Crippen LogP contribution in [0.25, 0.3) is 0 Å². The standard InChI is InChI=1S/C22H26N4O4/c1-2-30-19-7-5-18(6-8-19)25-21(28)20(27)24-14-16-9-12-26(13-10-16)22(29)17-4-3-11-23-15-17/h3-8,11,15-16H,2,9-10,12-14H2,1H3,(H,24,27)(H,25,28). The SMILES string of the molecule is CCOc1ccc(NC(=O)C(=O)NCC2CCN(C(=O)c3cccnc3)CC2)cc1. The molecule has 1 saturated heterocycles. The predicted octanol–water partition coefficient (Wildman–Crippen LogP) is 2.09. The van der Waals surface area contributed by atoms with Gasteiger partial charge in [-0.25, -0.2) is 0 Å². The number of anilines is 1. The Labute approximate surface area is 175 Å². The van der Waals surface area contributed by atoms with Crippen LogP contribution in [0.4, 0.5) is 5.69 Å². The zero-order valence-corrected chi connectivity index (χ0v) is 17.0. The lowest BCUT2D eigenvalue weighted by Gasteiger charge is -2.32. The Kier molecular flexibility index (Phi) is 7.37. The highest BCUT2D eigenvalue weighted by Crippen LogP contribution is 2.18. The van der Waals surface area contributed by atoms with E-state index in [9.17, 15) is 14.4 Å². The maximum absolute atomic E-state index is 12.4. The first kappa shape index (κ1) is 21.3. The number of carbonyl (C=O) groups excluding carboxylic acids is 3. The quantitative estimate of drug-likeness (QED) is 0.710. The minimum Gasteiger partial charge on any atom is -0.494 e. The molecule has 158 valence electrons.